The van der Waals surface area contributed by atoms with Gasteiger partial charge in [0, 0.05) is 61.4 Å². The number of carbonyl (C=O) groups is 1. The number of benzene rings is 5. The van der Waals surface area contributed by atoms with E-state index in [2.05, 4.69) is 12.7 Å². The number of nitro benzene ring substituents is 1. The number of aliphatic hydroxyl groups is 2. The van der Waals surface area contributed by atoms with Gasteiger partial charge in [0.05, 0.1) is 23.2 Å². The number of hydrogen-bond donors (Lipinski definition) is 2. The molecule has 0 radical (unpaired) electrons. The lowest BCUT2D eigenvalue weighted by atomic mass is 9.55. The molecule has 0 aromatic heterocycles. The van der Waals surface area contributed by atoms with Crippen LogP contribution in [-0.4, -0.2) is 63.3 Å². The van der Waals surface area contributed by atoms with Crippen molar-refractivity contribution in [2.75, 3.05) is 19.8 Å². The molecule has 0 unspecified atom stereocenters. The van der Waals surface area contributed by atoms with Crippen molar-refractivity contribution >= 4 is 23.4 Å². The van der Waals surface area contributed by atoms with Crippen LogP contribution in [0.3, 0.4) is 0 Å². The number of fused-ring (bicyclic) bond motifs is 2. The summed E-state index contributed by atoms with van der Waals surface area (Å²) >= 11 is 0. The molecule has 1 aliphatic heterocycles. The number of rotatable bonds is 23. The fourth-order valence-electron chi connectivity index (χ4n) is 10.4. The van der Waals surface area contributed by atoms with Crippen LogP contribution in [0.4, 0.5) is 14.5 Å². The van der Waals surface area contributed by atoms with Gasteiger partial charge >= 0.3 is 0 Å². The van der Waals surface area contributed by atoms with Gasteiger partial charge in [0.1, 0.15) is 42.4 Å². The Labute approximate surface area is 412 Å². The Morgan fingerprint density at radius 1 is 0.887 bits per heavy atom. The Balaban J connectivity index is 1.33. The van der Waals surface area contributed by atoms with E-state index >= 15 is 4.79 Å². The van der Waals surface area contributed by atoms with Gasteiger partial charge in [0.15, 0.2) is 0 Å². The number of hydrogen-bond acceptors (Lipinski definition) is 10. The second-order valence-corrected chi connectivity index (χ2v) is 18.2. The molecule has 1 saturated carbocycles. The van der Waals surface area contributed by atoms with Crippen molar-refractivity contribution in [1.29, 1.82) is 0 Å². The number of aliphatic hydroxyl groups excluding tert-OH is 2. The first-order chi connectivity index (χ1) is 34.6. The molecule has 2 aliphatic carbocycles. The highest BCUT2D eigenvalue weighted by Gasteiger charge is 2.65. The van der Waals surface area contributed by atoms with E-state index in [1.54, 1.807) is 65.6 Å². The summed E-state index contributed by atoms with van der Waals surface area (Å²) in [6, 6.07) is 32.5. The predicted octanol–water partition coefficient (Wildman–Crippen LogP) is 11.0. The highest BCUT2D eigenvalue weighted by Crippen LogP contribution is 2.62. The number of ether oxygens (including phenoxy) is 3. The van der Waals surface area contributed by atoms with Gasteiger partial charge in [-0.15, -0.1) is 6.58 Å². The maximum atomic E-state index is 15.2. The van der Waals surface area contributed by atoms with Gasteiger partial charge in [-0.3, -0.25) is 14.9 Å². The Hall–Kier alpha value is -7.00. The average Bonchev–Trinajstić information content (AvgIpc) is 3.38. The Morgan fingerprint density at radius 3 is 2.34 bits per heavy atom. The van der Waals surface area contributed by atoms with Crippen LogP contribution in [0.25, 0.3) is 6.08 Å². The van der Waals surface area contributed by atoms with Gasteiger partial charge < -0.3 is 34.2 Å². The van der Waals surface area contributed by atoms with Crippen LogP contribution in [0.5, 0.6) is 11.5 Å². The van der Waals surface area contributed by atoms with Gasteiger partial charge in [-0.25, -0.2) is 8.78 Å². The third-order valence-electron chi connectivity index (χ3n) is 13.7. The number of amides is 1. The molecule has 370 valence electrons. The minimum Gasteiger partial charge on any atom is -0.489 e. The first-order valence-electron chi connectivity index (χ1n) is 24.2. The first kappa shape index (κ1) is 50.4. The number of unbranched alkanes of at least 4 members (excludes halogenated alkanes) is 2. The Bertz CT molecular complexity index is 2710. The maximum absolute atomic E-state index is 15.2. The van der Waals surface area contributed by atoms with Crippen molar-refractivity contribution in [1.82, 2.24) is 4.90 Å². The summed E-state index contributed by atoms with van der Waals surface area (Å²) in [6.45, 7) is 4.24. The van der Waals surface area contributed by atoms with E-state index in [1.165, 1.54) is 36.4 Å². The van der Waals surface area contributed by atoms with E-state index in [4.69, 9.17) is 24.2 Å². The molecule has 71 heavy (non-hydrogen) atoms. The lowest BCUT2D eigenvalue weighted by molar-refractivity contribution is -0.384. The van der Waals surface area contributed by atoms with E-state index in [0.29, 0.717) is 59.6 Å². The largest absolute Gasteiger partial charge is 0.489 e. The van der Waals surface area contributed by atoms with Gasteiger partial charge in [0.2, 0.25) is 11.7 Å². The summed E-state index contributed by atoms with van der Waals surface area (Å²) < 4.78 is 50.2. The zero-order chi connectivity index (χ0) is 49.7. The van der Waals surface area contributed by atoms with Crippen molar-refractivity contribution in [2.45, 2.75) is 82.5 Å². The van der Waals surface area contributed by atoms with Crippen LogP contribution in [0.15, 0.2) is 157 Å². The maximum Gasteiger partial charge on any atom is 0.269 e. The van der Waals surface area contributed by atoms with Crippen molar-refractivity contribution in [2.24, 2.45) is 22.9 Å². The zero-order valence-electron chi connectivity index (χ0n) is 39.5. The van der Waals surface area contributed by atoms with Crippen LogP contribution in [0, 0.1) is 39.5 Å². The number of carbonyl (C=O) groups excluding carboxylic acids is 1. The standard InChI is InChI=1S/C57H59F2N3O9/c1-2-32-69-57-53(61(36-40-18-23-44(58)24-19-40)54(65)29-22-39-20-25-45(26-21-39)62(66)67)35-51(60-70-37-41-12-4-3-5-13-41)48-33-42(14-8-10-30-63)47(16-9-11-31-64)55(56(48)57)49-34-46(27-28-52(49)71-57)68-38-43-15-6-7-17-50(43)59/h2-7,12-13,15,17-29,33-34,42,47,53,55-56,63-64H,1,8-11,14,16,30-32,35-38H2/t42-,47+,53-,55+,56+,57+/m0/s1. The molecule has 1 amide bonds. The quantitative estimate of drug-likeness (QED) is 0.0214. The summed E-state index contributed by atoms with van der Waals surface area (Å²) in [5.41, 5.74) is 4.61. The van der Waals surface area contributed by atoms with Crippen LogP contribution in [0.2, 0.25) is 0 Å². The van der Waals surface area contributed by atoms with Gasteiger partial charge in [-0.05, 0) is 114 Å². The molecule has 12 nitrogen and oxygen atoms in total. The molecule has 1 fully saturated rings. The average molecular weight is 968 g/mol. The summed E-state index contributed by atoms with van der Waals surface area (Å²) in [4.78, 5) is 34.1. The van der Waals surface area contributed by atoms with Gasteiger partial charge in [-0.2, -0.15) is 0 Å². The molecule has 0 bridgehead atoms. The lowest BCUT2D eigenvalue weighted by Gasteiger charge is -2.60. The molecular weight excluding hydrogens is 909 g/mol. The molecule has 5 aromatic rings. The minimum atomic E-state index is -1.62. The van der Waals surface area contributed by atoms with E-state index in [-0.39, 0.29) is 75.3 Å². The summed E-state index contributed by atoms with van der Waals surface area (Å²) in [7, 11) is 0. The third-order valence-corrected chi connectivity index (χ3v) is 13.7. The number of nitro groups is 1. The number of non-ortho nitro benzene ring substituents is 1. The van der Waals surface area contributed by atoms with Gasteiger partial charge in [0.25, 0.3) is 5.69 Å². The number of allylic oxidation sites excluding steroid dienone is 1. The summed E-state index contributed by atoms with van der Waals surface area (Å²) in [5, 5.41) is 36.4. The molecule has 5 aromatic carbocycles. The Kier molecular flexibility index (Phi) is 16.8. The van der Waals surface area contributed by atoms with E-state index < -0.39 is 34.4 Å². The SMILES string of the molecule is C=CCO[C@@]12Oc3ccc(OCc4ccccc4F)cc3[C@H]3[C@H](CCCCO)[C@@H](CCCCO)C=C(C(=NOCc4ccccc4)C[C@@H]1N(Cc1ccc(F)cc1)C(=O)C=Cc1ccc([N+](=O)[O-])cc1)[C@H]32. The number of nitrogens with zero attached hydrogens (tertiary/aromatic N) is 3. The van der Waals surface area contributed by atoms with E-state index in [9.17, 15) is 29.1 Å². The van der Waals surface area contributed by atoms with Crippen molar-refractivity contribution in [3.63, 3.8) is 0 Å². The number of oxime groups is 1. The minimum absolute atomic E-state index is 0.00901. The lowest BCUT2D eigenvalue weighted by Crippen LogP contribution is -2.70. The van der Waals surface area contributed by atoms with Gasteiger partial charge in [-0.1, -0.05) is 90.8 Å². The van der Waals surface area contributed by atoms with Crippen LogP contribution in [-0.2, 0) is 34.1 Å². The summed E-state index contributed by atoms with van der Waals surface area (Å²) in [6.07, 6.45) is 11.0. The second kappa shape index (κ2) is 23.7. The fraction of sp³-hybridized carbons (Fsp3) is 0.333. The smallest absolute Gasteiger partial charge is 0.269 e. The van der Waals surface area contributed by atoms with E-state index in [1.807, 2.05) is 42.5 Å². The molecule has 8 rings (SSSR count). The zero-order valence-corrected chi connectivity index (χ0v) is 39.5. The topological polar surface area (TPSA) is 153 Å². The summed E-state index contributed by atoms with van der Waals surface area (Å²) in [5.74, 6) is -3.05. The molecule has 6 atom stereocenters. The van der Waals surface area contributed by atoms with E-state index in [0.717, 1.165) is 29.5 Å². The molecule has 2 N–H and O–H groups in total. The normalized spacial score (nSPS) is 21.7. The third kappa shape index (κ3) is 11.8. The molecule has 0 saturated heterocycles. The van der Waals surface area contributed by atoms with Crippen molar-refractivity contribution in [3.8, 4) is 11.5 Å². The molecule has 0 spiro atoms. The number of halogens is 2. The second-order valence-electron chi connectivity index (χ2n) is 18.2. The molecule has 14 heteroatoms. The van der Waals surface area contributed by atoms with Crippen molar-refractivity contribution in [3.05, 3.63) is 201 Å². The molecule has 1 heterocycles. The fourth-order valence-corrected chi connectivity index (χ4v) is 10.4. The van der Waals surface area contributed by atoms with Crippen LogP contribution < -0.4 is 9.47 Å². The highest BCUT2D eigenvalue weighted by molar-refractivity contribution is 6.03. The highest BCUT2D eigenvalue weighted by atomic mass is 19.1. The first-order valence-corrected chi connectivity index (χ1v) is 24.2. The molecular formula is C57H59F2N3O9. The van der Waals surface area contributed by atoms with Crippen LogP contribution >= 0.6 is 0 Å². The molecule has 3 aliphatic rings. The van der Waals surface area contributed by atoms with Crippen molar-refractivity contribution < 1.29 is 47.8 Å². The Morgan fingerprint density at radius 2 is 1.62 bits per heavy atom. The van der Waals surface area contributed by atoms with Crippen LogP contribution in [0.1, 0.15) is 78.7 Å². The monoisotopic (exact) mass is 967 g/mol. The predicted molar refractivity (Wildman–Crippen MR) is 266 cm³/mol.